The number of benzene rings is 1. The van der Waals surface area contributed by atoms with Crippen LogP contribution in [0, 0.1) is 0 Å². The molecule has 4 heteroatoms. The van der Waals surface area contributed by atoms with E-state index in [1.165, 1.54) is 0 Å². The van der Waals surface area contributed by atoms with Gasteiger partial charge in [-0.05, 0) is 6.07 Å². The van der Waals surface area contributed by atoms with Crippen molar-refractivity contribution in [1.82, 2.24) is 4.90 Å². The summed E-state index contributed by atoms with van der Waals surface area (Å²) in [5.74, 6) is 0.219. The lowest BCUT2D eigenvalue weighted by molar-refractivity contribution is -0.141. The van der Waals surface area contributed by atoms with E-state index >= 15 is 0 Å². The van der Waals surface area contributed by atoms with Crippen molar-refractivity contribution in [2.45, 2.75) is 18.9 Å². The van der Waals surface area contributed by atoms with E-state index in [-0.39, 0.29) is 17.7 Å². The van der Waals surface area contributed by atoms with Gasteiger partial charge in [0.2, 0.25) is 5.78 Å². The molecule has 2 heterocycles. The van der Waals surface area contributed by atoms with Gasteiger partial charge in [0.05, 0.1) is 12.6 Å². The summed E-state index contributed by atoms with van der Waals surface area (Å²) in [4.78, 5) is 24.8. The van der Waals surface area contributed by atoms with Crippen molar-refractivity contribution >= 4 is 11.7 Å². The number of nitrogens with zero attached hydrogens (tertiary/aromatic N) is 1. The lowest BCUT2D eigenvalue weighted by Gasteiger charge is -2.32. The SMILES string of the molecule is O=C1CCN(C2CCOc3ccccc32)C1=O. The van der Waals surface area contributed by atoms with Gasteiger partial charge in [0.1, 0.15) is 5.75 Å². The quantitative estimate of drug-likeness (QED) is 0.685. The van der Waals surface area contributed by atoms with Crippen LogP contribution in [0.3, 0.4) is 0 Å². The second-order valence-electron chi connectivity index (χ2n) is 4.36. The molecule has 1 aromatic rings. The molecule has 0 spiro atoms. The van der Waals surface area contributed by atoms with Crippen LogP contribution >= 0.6 is 0 Å². The second-order valence-corrected chi connectivity index (χ2v) is 4.36. The topological polar surface area (TPSA) is 46.6 Å². The maximum atomic E-state index is 11.7. The Labute approximate surface area is 99.2 Å². The summed E-state index contributed by atoms with van der Waals surface area (Å²) in [5, 5.41) is 0. The molecule has 2 aliphatic heterocycles. The summed E-state index contributed by atoms with van der Waals surface area (Å²) in [6.45, 7) is 1.14. The molecule has 1 saturated heterocycles. The van der Waals surface area contributed by atoms with E-state index < -0.39 is 0 Å². The number of carbonyl (C=O) groups excluding carboxylic acids is 2. The predicted molar refractivity (Wildman–Crippen MR) is 60.6 cm³/mol. The largest absolute Gasteiger partial charge is 0.493 e. The highest BCUT2D eigenvalue weighted by atomic mass is 16.5. The molecule has 1 fully saturated rings. The summed E-state index contributed by atoms with van der Waals surface area (Å²) in [6, 6.07) is 7.72. The van der Waals surface area contributed by atoms with Gasteiger partial charge in [0.25, 0.3) is 5.91 Å². The highest BCUT2D eigenvalue weighted by Gasteiger charge is 2.37. The minimum atomic E-state index is -0.341. The highest BCUT2D eigenvalue weighted by molar-refractivity contribution is 6.37. The van der Waals surface area contributed by atoms with Gasteiger partial charge in [-0.15, -0.1) is 0 Å². The number of para-hydroxylation sites is 1. The van der Waals surface area contributed by atoms with Crippen molar-refractivity contribution in [2.24, 2.45) is 0 Å². The first kappa shape index (κ1) is 10.3. The van der Waals surface area contributed by atoms with Gasteiger partial charge in [-0.1, -0.05) is 18.2 Å². The van der Waals surface area contributed by atoms with Crippen LogP contribution in [0.25, 0.3) is 0 Å². The van der Waals surface area contributed by atoms with E-state index in [4.69, 9.17) is 4.74 Å². The molecular weight excluding hydrogens is 218 g/mol. The maximum Gasteiger partial charge on any atom is 0.290 e. The molecule has 1 amide bonds. The van der Waals surface area contributed by atoms with Crippen LogP contribution in [-0.4, -0.2) is 29.7 Å². The van der Waals surface area contributed by atoms with Gasteiger partial charge in [-0.2, -0.15) is 0 Å². The Bertz CT molecular complexity index is 483. The number of ether oxygens (including phenoxy) is 1. The van der Waals surface area contributed by atoms with E-state index in [0.717, 1.165) is 17.7 Å². The van der Waals surface area contributed by atoms with E-state index in [1.54, 1.807) is 4.90 Å². The Morgan fingerprint density at radius 1 is 1.24 bits per heavy atom. The number of fused-ring (bicyclic) bond motifs is 1. The van der Waals surface area contributed by atoms with Gasteiger partial charge in [-0.3, -0.25) is 9.59 Å². The first-order valence-corrected chi connectivity index (χ1v) is 5.83. The fourth-order valence-corrected chi connectivity index (χ4v) is 2.54. The third kappa shape index (κ3) is 1.60. The minimum Gasteiger partial charge on any atom is -0.493 e. The van der Waals surface area contributed by atoms with Gasteiger partial charge >= 0.3 is 0 Å². The molecule has 0 saturated carbocycles. The Morgan fingerprint density at radius 3 is 2.82 bits per heavy atom. The van der Waals surface area contributed by atoms with Crippen LogP contribution in [0.5, 0.6) is 5.75 Å². The first-order chi connectivity index (χ1) is 8.27. The molecule has 1 aromatic carbocycles. The average molecular weight is 231 g/mol. The van der Waals surface area contributed by atoms with Gasteiger partial charge in [0.15, 0.2) is 0 Å². The van der Waals surface area contributed by atoms with Crippen LogP contribution < -0.4 is 4.74 Å². The molecular formula is C13H13NO3. The number of amides is 1. The normalized spacial score (nSPS) is 23.5. The Kier molecular flexibility index (Phi) is 2.35. The fourth-order valence-electron chi connectivity index (χ4n) is 2.54. The van der Waals surface area contributed by atoms with Gasteiger partial charge in [0, 0.05) is 24.9 Å². The number of carbonyl (C=O) groups is 2. The predicted octanol–water partition coefficient (Wildman–Crippen LogP) is 1.31. The smallest absolute Gasteiger partial charge is 0.290 e. The van der Waals surface area contributed by atoms with E-state index in [2.05, 4.69) is 0 Å². The van der Waals surface area contributed by atoms with Crippen LogP contribution in [0.4, 0.5) is 0 Å². The van der Waals surface area contributed by atoms with E-state index in [1.807, 2.05) is 24.3 Å². The number of hydrogen-bond acceptors (Lipinski definition) is 3. The van der Waals surface area contributed by atoms with E-state index in [9.17, 15) is 9.59 Å². The lowest BCUT2D eigenvalue weighted by Crippen LogP contribution is -2.34. The standard InChI is InChI=1S/C13H13NO3/c15-11-5-7-14(13(11)16)10-6-8-17-12-4-2-1-3-9(10)12/h1-4,10H,5-8H2. The van der Waals surface area contributed by atoms with Crippen molar-refractivity contribution in [3.8, 4) is 5.75 Å². The molecule has 0 aliphatic carbocycles. The Hall–Kier alpha value is -1.84. The summed E-state index contributed by atoms with van der Waals surface area (Å²) in [5.41, 5.74) is 1.02. The number of Topliss-reactive ketones (excluding diaryl/α,β-unsaturated/α-hetero) is 1. The number of rotatable bonds is 1. The summed E-state index contributed by atoms with van der Waals surface area (Å²) in [6.07, 6.45) is 1.11. The van der Waals surface area contributed by atoms with Crippen LogP contribution in [0.1, 0.15) is 24.4 Å². The third-order valence-electron chi connectivity index (χ3n) is 3.38. The lowest BCUT2D eigenvalue weighted by atomic mass is 9.99. The molecule has 3 rings (SSSR count). The van der Waals surface area contributed by atoms with Gasteiger partial charge in [-0.25, -0.2) is 0 Å². The number of hydrogen-bond donors (Lipinski definition) is 0. The zero-order chi connectivity index (χ0) is 11.8. The zero-order valence-electron chi connectivity index (χ0n) is 9.39. The monoisotopic (exact) mass is 231 g/mol. The van der Waals surface area contributed by atoms with Gasteiger partial charge < -0.3 is 9.64 Å². The Morgan fingerprint density at radius 2 is 2.06 bits per heavy atom. The maximum absolute atomic E-state index is 11.7. The molecule has 0 N–H and O–H groups in total. The molecule has 1 unspecified atom stereocenters. The summed E-state index contributed by atoms with van der Waals surface area (Å²) in [7, 11) is 0. The van der Waals surface area contributed by atoms with Crippen molar-refractivity contribution in [3.63, 3.8) is 0 Å². The van der Waals surface area contributed by atoms with Crippen molar-refractivity contribution in [2.75, 3.05) is 13.2 Å². The van der Waals surface area contributed by atoms with Crippen LogP contribution in [0.15, 0.2) is 24.3 Å². The molecule has 0 bridgehead atoms. The fraction of sp³-hybridized carbons (Fsp3) is 0.385. The van der Waals surface area contributed by atoms with Crippen molar-refractivity contribution in [1.29, 1.82) is 0 Å². The molecule has 1 atom stereocenters. The molecule has 0 radical (unpaired) electrons. The van der Waals surface area contributed by atoms with Crippen molar-refractivity contribution < 1.29 is 14.3 Å². The van der Waals surface area contributed by atoms with Crippen LogP contribution in [0.2, 0.25) is 0 Å². The second kappa shape index (κ2) is 3.87. The van der Waals surface area contributed by atoms with E-state index in [0.29, 0.717) is 19.6 Å². The average Bonchev–Trinajstić information content (AvgIpc) is 2.69. The molecule has 2 aliphatic rings. The van der Waals surface area contributed by atoms with Crippen molar-refractivity contribution in [3.05, 3.63) is 29.8 Å². The zero-order valence-corrected chi connectivity index (χ0v) is 9.39. The third-order valence-corrected chi connectivity index (χ3v) is 3.38. The van der Waals surface area contributed by atoms with Crippen LogP contribution in [-0.2, 0) is 9.59 Å². The molecule has 0 aromatic heterocycles. The molecule has 4 nitrogen and oxygen atoms in total. The highest BCUT2D eigenvalue weighted by Crippen LogP contribution is 2.37. The first-order valence-electron chi connectivity index (χ1n) is 5.83. The Balaban J connectivity index is 1.95. The number of ketones is 1. The minimum absolute atomic E-state index is 0.00102. The molecule has 17 heavy (non-hydrogen) atoms. The number of likely N-dealkylation sites (tertiary alicyclic amines) is 1. The summed E-state index contributed by atoms with van der Waals surface area (Å²) < 4.78 is 5.55. The summed E-state index contributed by atoms with van der Waals surface area (Å²) >= 11 is 0. The molecule has 88 valence electrons.